The molecule has 0 radical (unpaired) electrons. The highest BCUT2D eigenvalue weighted by molar-refractivity contribution is 9.10. The summed E-state index contributed by atoms with van der Waals surface area (Å²) in [5, 5.41) is 2.20. The number of rotatable bonds is 3. The predicted octanol–water partition coefficient (Wildman–Crippen LogP) is 6.85. The second-order valence-electron chi connectivity index (χ2n) is 6.44. The van der Waals surface area contributed by atoms with Crippen LogP contribution in [0.15, 0.2) is 110 Å². The Morgan fingerprint density at radius 2 is 1.24 bits per heavy atom. The van der Waals surface area contributed by atoms with Gasteiger partial charge in [0, 0.05) is 25.5 Å². The Morgan fingerprint density at radius 3 is 1.93 bits per heavy atom. The van der Waals surface area contributed by atoms with Gasteiger partial charge >= 0.3 is 0 Å². The Bertz CT molecular complexity index is 1210. The number of benzene rings is 4. The minimum atomic E-state index is 0.416. The second-order valence-corrected chi connectivity index (χ2v) is 8.28. The largest absolute Gasteiger partial charge is 0.383 e. The van der Waals surface area contributed by atoms with Gasteiger partial charge in [-0.25, -0.2) is 9.98 Å². The van der Waals surface area contributed by atoms with Gasteiger partial charge < -0.3 is 5.73 Å². The Morgan fingerprint density at radius 1 is 0.655 bits per heavy atom. The van der Waals surface area contributed by atoms with Crippen LogP contribution in [0, 0.1) is 0 Å². The molecule has 2 N–H and O–H groups in total. The first-order valence-electron chi connectivity index (χ1n) is 9.03. The predicted molar refractivity (Wildman–Crippen MR) is 129 cm³/mol. The smallest absolute Gasteiger partial charge is 0.162 e. The van der Waals surface area contributed by atoms with Crippen molar-refractivity contribution in [1.29, 1.82) is 0 Å². The molecule has 0 saturated heterocycles. The van der Waals surface area contributed by atoms with Crippen LogP contribution in [0.5, 0.6) is 0 Å². The topological polar surface area (TPSA) is 50.7 Å². The molecule has 3 nitrogen and oxygen atoms in total. The summed E-state index contributed by atoms with van der Waals surface area (Å²) in [6, 6.07) is 29.9. The lowest BCUT2D eigenvalue weighted by atomic mass is 10.1. The summed E-state index contributed by atoms with van der Waals surface area (Å²) in [6.07, 6.45) is 0. The fourth-order valence-electron chi connectivity index (χ4n) is 2.97. The maximum atomic E-state index is 6.32. The molecular weight excluding hydrogens is 490 g/mol. The van der Waals surface area contributed by atoms with Gasteiger partial charge in [0.25, 0.3) is 0 Å². The molecule has 0 aromatic heterocycles. The molecule has 0 aliphatic carbocycles. The fraction of sp³-hybridized carbons (Fsp3) is 0. The minimum Gasteiger partial charge on any atom is -0.383 e. The molecule has 0 saturated carbocycles. The highest BCUT2D eigenvalue weighted by atomic mass is 79.9. The standard InChI is InChI=1S/C24H17Br2N3/c25-19-12-8-17(9-13-19)23(27)29-24(18-10-14-20(26)15-11-18)28-22-7-3-5-16-4-1-2-6-21(16)22/h1-15H,(H2,27,28,29). The average Bonchev–Trinajstić information content (AvgIpc) is 2.74. The lowest BCUT2D eigenvalue weighted by Crippen LogP contribution is -2.16. The van der Waals surface area contributed by atoms with Crippen LogP contribution in [-0.2, 0) is 0 Å². The summed E-state index contributed by atoms with van der Waals surface area (Å²) in [6.45, 7) is 0. The van der Waals surface area contributed by atoms with Crippen molar-refractivity contribution in [3.8, 4) is 0 Å². The molecule has 0 bridgehead atoms. The van der Waals surface area contributed by atoms with Gasteiger partial charge in [0.15, 0.2) is 5.84 Å². The van der Waals surface area contributed by atoms with Crippen molar-refractivity contribution in [2.45, 2.75) is 0 Å². The zero-order chi connectivity index (χ0) is 20.2. The quantitative estimate of drug-likeness (QED) is 0.240. The van der Waals surface area contributed by atoms with E-state index in [0.717, 1.165) is 36.5 Å². The third kappa shape index (κ3) is 4.63. The zero-order valence-corrected chi connectivity index (χ0v) is 18.6. The molecule has 0 aliphatic heterocycles. The minimum absolute atomic E-state index is 0.416. The molecule has 4 rings (SSSR count). The SMILES string of the molecule is NC(=NC(=Nc1cccc2ccccc12)c1ccc(Br)cc1)c1ccc(Br)cc1. The number of amidine groups is 2. The van der Waals surface area contributed by atoms with Crippen LogP contribution in [0.2, 0.25) is 0 Å². The summed E-state index contributed by atoms with van der Waals surface area (Å²) in [5.74, 6) is 0.980. The number of nitrogens with zero attached hydrogens (tertiary/aromatic N) is 2. The zero-order valence-electron chi connectivity index (χ0n) is 15.4. The Labute approximate surface area is 186 Å². The molecule has 0 heterocycles. The summed E-state index contributed by atoms with van der Waals surface area (Å²) in [5.41, 5.74) is 8.91. The van der Waals surface area contributed by atoms with Crippen LogP contribution < -0.4 is 5.73 Å². The van der Waals surface area contributed by atoms with Crippen molar-refractivity contribution in [3.05, 3.63) is 111 Å². The molecule has 0 spiro atoms. The highest BCUT2D eigenvalue weighted by Crippen LogP contribution is 2.27. The Balaban J connectivity index is 1.86. The number of fused-ring (bicyclic) bond motifs is 1. The van der Waals surface area contributed by atoms with Crippen molar-refractivity contribution in [2.75, 3.05) is 0 Å². The van der Waals surface area contributed by atoms with Crippen LogP contribution in [0.1, 0.15) is 11.1 Å². The number of aliphatic imine (C=N–C) groups is 2. The van der Waals surface area contributed by atoms with Gasteiger partial charge in [-0.05, 0) is 35.7 Å². The molecule has 142 valence electrons. The molecule has 29 heavy (non-hydrogen) atoms. The molecule has 4 aromatic carbocycles. The number of halogens is 2. The van der Waals surface area contributed by atoms with Crippen molar-refractivity contribution in [1.82, 2.24) is 0 Å². The van der Waals surface area contributed by atoms with E-state index in [9.17, 15) is 0 Å². The van der Waals surface area contributed by atoms with E-state index in [0.29, 0.717) is 11.7 Å². The van der Waals surface area contributed by atoms with Crippen molar-refractivity contribution in [3.63, 3.8) is 0 Å². The number of nitrogens with two attached hydrogens (primary N) is 1. The molecule has 0 amide bonds. The van der Waals surface area contributed by atoms with E-state index >= 15 is 0 Å². The van der Waals surface area contributed by atoms with Crippen molar-refractivity contribution < 1.29 is 0 Å². The normalized spacial score (nSPS) is 12.3. The number of hydrogen-bond acceptors (Lipinski definition) is 1. The van der Waals surface area contributed by atoms with E-state index in [-0.39, 0.29) is 0 Å². The summed E-state index contributed by atoms with van der Waals surface area (Å²) in [4.78, 5) is 9.59. The van der Waals surface area contributed by atoms with Gasteiger partial charge in [-0.1, -0.05) is 92.5 Å². The Hall–Kier alpha value is -2.76. The molecule has 0 aliphatic rings. The monoisotopic (exact) mass is 505 g/mol. The third-order valence-corrected chi connectivity index (χ3v) is 5.52. The van der Waals surface area contributed by atoms with Crippen LogP contribution >= 0.6 is 31.9 Å². The van der Waals surface area contributed by atoms with E-state index in [1.54, 1.807) is 0 Å². The van der Waals surface area contributed by atoms with Gasteiger partial charge in [-0.15, -0.1) is 0 Å². The average molecular weight is 507 g/mol. The maximum absolute atomic E-state index is 6.32. The molecule has 4 aromatic rings. The maximum Gasteiger partial charge on any atom is 0.162 e. The first-order valence-corrected chi connectivity index (χ1v) is 10.6. The van der Waals surface area contributed by atoms with E-state index in [1.807, 2.05) is 72.8 Å². The van der Waals surface area contributed by atoms with E-state index < -0.39 is 0 Å². The first-order chi connectivity index (χ1) is 14.1. The van der Waals surface area contributed by atoms with Gasteiger partial charge in [-0.2, -0.15) is 0 Å². The van der Waals surface area contributed by atoms with E-state index in [1.165, 1.54) is 0 Å². The van der Waals surface area contributed by atoms with Crippen molar-refractivity contribution in [2.24, 2.45) is 15.7 Å². The van der Waals surface area contributed by atoms with Gasteiger partial charge in [-0.3, -0.25) is 0 Å². The van der Waals surface area contributed by atoms with Gasteiger partial charge in [0.05, 0.1) is 5.69 Å². The van der Waals surface area contributed by atoms with Crippen LogP contribution in [-0.4, -0.2) is 11.7 Å². The van der Waals surface area contributed by atoms with Gasteiger partial charge in [0.2, 0.25) is 0 Å². The third-order valence-electron chi connectivity index (χ3n) is 4.46. The first kappa shape index (κ1) is 19.6. The fourth-order valence-corrected chi connectivity index (χ4v) is 3.50. The molecule has 0 fully saturated rings. The molecular formula is C24H17Br2N3. The van der Waals surface area contributed by atoms with E-state index in [2.05, 4.69) is 50.1 Å². The highest BCUT2D eigenvalue weighted by Gasteiger charge is 2.08. The summed E-state index contributed by atoms with van der Waals surface area (Å²) in [7, 11) is 0. The van der Waals surface area contributed by atoms with Crippen LogP contribution in [0.25, 0.3) is 10.8 Å². The van der Waals surface area contributed by atoms with Crippen LogP contribution in [0.3, 0.4) is 0 Å². The molecule has 0 atom stereocenters. The lowest BCUT2D eigenvalue weighted by molar-refractivity contribution is 1.43. The second kappa shape index (κ2) is 8.72. The lowest BCUT2D eigenvalue weighted by Gasteiger charge is -2.07. The molecule has 5 heteroatoms. The number of hydrogen-bond donors (Lipinski definition) is 1. The molecule has 0 unspecified atom stereocenters. The van der Waals surface area contributed by atoms with Gasteiger partial charge in [0.1, 0.15) is 5.84 Å². The van der Waals surface area contributed by atoms with Crippen molar-refractivity contribution >= 4 is 60.0 Å². The summed E-state index contributed by atoms with van der Waals surface area (Å²) >= 11 is 6.93. The summed E-state index contributed by atoms with van der Waals surface area (Å²) < 4.78 is 1.99. The Kier molecular flexibility index (Phi) is 5.88. The van der Waals surface area contributed by atoms with Crippen LogP contribution in [0.4, 0.5) is 5.69 Å². The van der Waals surface area contributed by atoms with E-state index in [4.69, 9.17) is 15.7 Å².